The average molecular weight is 482 g/mol. The molecule has 1 aromatic carbocycles. The van der Waals surface area contributed by atoms with E-state index >= 15 is 0 Å². The van der Waals surface area contributed by atoms with Gasteiger partial charge in [-0.25, -0.2) is 4.68 Å². The number of nitrogen functional groups attached to an aromatic ring is 1. The molecule has 4 N–H and O–H groups in total. The van der Waals surface area contributed by atoms with Crippen LogP contribution < -0.4 is 11.1 Å². The number of aromatic nitrogens is 4. The van der Waals surface area contributed by atoms with Crippen molar-refractivity contribution in [3.8, 4) is 0 Å². The fourth-order valence-corrected chi connectivity index (χ4v) is 4.74. The molecule has 2 fully saturated rings. The number of carbonyl (C=O) groups is 2. The number of benzene rings is 1. The Bertz CT molecular complexity index is 1260. The van der Waals surface area contributed by atoms with Gasteiger partial charge in [0.05, 0.1) is 17.2 Å². The maximum Gasteiger partial charge on any atom is 0.248 e. The summed E-state index contributed by atoms with van der Waals surface area (Å²) in [7, 11) is 0. The summed E-state index contributed by atoms with van der Waals surface area (Å²) >= 11 is 0. The minimum atomic E-state index is -0.779. The van der Waals surface area contributed by atoms with Gasteiger partial charge < -0.3 is 25.6 Å². The number of β-amino-alcohol motifs (C(OH)–C–C–N with tert-alkyl or cyclic N) is 1. The highest BCUT2D eigenvalue weighted by Gasteiger charge is 2.45. The molecule has 1 aliphatic heterocycles. The van der Waals surface area contributed by atoms with Gasteiger partial charge in [-0.1, -0.05) is 37.2 Å². The number of nitrogens with zero attached hydrogens (tertiary/aromatic N) is 5. The van der Waals surface area contributed by atoms with Crippen LogP contribution in [0.15, 0.2) is 28.9 Å². The van der Waals surface area contributed by atoms with Crippen LogP contribution in [0.25, 0.3) is 11.0 Å². The maximum absolute atomic E-state index is 13.8. The molecule has 0 bridgehead atoms. The zero-order chi connectivity index (χ0) is 24.9. The minimum Gasteiger partial charge on any atom is -0.391 e. The zero-order valence-corrected chi connectivity index (χ0v) is 20.1. The van der Waals surface area contributed by atoms with Crippen LogP contribution in [-0.4, -0.2) is 60.7 Å². The van der Waals surface area contributed by atoms with Crippen molar-refractivity contribution in [1.82, 2.24) is 30.4 Å². The van der Waals surface area contributed by atoms with Gasteiger partial charge in [-0.05, 0) is 36.0 Å². The first-order valence-corrected chi connectivity index (χ1v) is 11.9. The largest absolute Gasteiger partial charge is 0.391 e. The number of hydrogen-bond acceptors (Lipinski definition) is 8. The highest BCUT2D eigenvalue weighted by molar-refractivity contribution is 5.90. The number of rotatable bonds is 6. The second kappa shape index (κ2) is 8.63. The monoisotopic (exact) mass is 481 g/mol. The van der Waals surface area contributed by atoms with E-state index in [9.17, 15) is 14.7 Å². The fraction of sp³-hybridized carbons (Fsp3) is 0.542. The number of carbonyl (C=O) groups excluding carboxylic acids is 2. The Morgan fingerprint density at radius 2 is 2.09 bits per heavy atom. The molecule has 11 heteroatoms. The van der Waals surface area contributed by atoms with Crippen LogP contribution in [0.2, 0.25) is 0 Å². The van der Waals surface area contributed by atoms with E-state index in [1.165, 1.54) is 4.90 Å². The smallest absolute Gasteiger partial charge is 0.248 e. The molecule has 35 heavy (non-hydrogen) atoms. The summed E-state index contributed by atoms with van der Waals surface area (Å²) in [5.41, 5.74) is 7.52. The Balaban J connectivity index is 1.32. The molecule has 2 aromatic heterocycles. The summed E-state index contributed by atoms with van der Waals surface area (Å²) in [5.74, 6) is 0.158. The number of likely N-dealkylation sites (tertiary alicyclic amines) is 1. The van der Waals surface area contributed by atoms with Gasteiger partial charge in [-0.2, -0.15) is 0 Å². The highest BCUT2D eigenvalue weighted by atomic mass is 16.5. The van der Waals surface area contributed by atoms with Gasteiger partial charge in [-0.15, -0.1) is 5.10 Å². The van der Waals surface area contributed by atoms with Gasteiger partial charge in [0, 0.05) is 31.6 Å². The van der Waals surface area contributed by atoms with Crippen molar-refractivity contribution in [1.29, 1.82) is 0 Å². The van der Waals surface area contributed by atoms with E-state index in [1.807, 2.05) is 33.0 Å². The van der Waals surface area contributed by atoms with Crippen molar-refractivity contribution < 1.29 is 19.2 Å². The van der Waals surface area contributed by atoms with Crippen molar-refractivity contribution in [2.75, 3.05) is 12.3 Å². The first-order chi connectivity index (χ1) is 16.6. The molecule has 2 aliphatic rings. The number of aliphatic hydroxyl groups is 1. The molecular formula is C24H31N7O4. The number of fused-ring (bicyclic) bond motifs is 1. The average Bonchev–Trinajstić information content (AvgIpc) is 3.23. The predicted molar refractivity (Wildman–Crippen MR) is 127 cm³/mol. The lowest BCUT2D eigenvalue weighted by Crippen LogP contribution is -2.50. The molecule has 11 nitrogen and oxygen atoms in total. The fourth-order valence-electron chi connectivity index (χ4n) is 4.74. The van der Waals surface area contributed by atoms with E-state index in [0.717, 1.165) is 24.1 Å². The SMILES string of the molecule is CC(C)(C)[C@@H](C(=O)N1C[C@H](O)C[C@H]1C(=O)NCc1ccc2c(N)noc2c1)n1cc(C2CC2)nn1. The molecule has 186 valence electrons. The van der Waals surface area contributed by atoms with Crippen molar-refractivity contribution in [2.24, 2.45) is 5.41 Å². The molecule has 0 unspecified atom stereocenters. The van der Waals surface area contributed by atoms with E-state index in [2.05, 4.69) is 20.8 Å². The van der Waals surface area contributed by atoms with Crippen LogP contribution >= 0.6 is 0 Å². The molecule has 2 amide bonds. The number of anilines is 1. The third-order valence-electron chi connectivity index (χ3n) is 6.74. The quantitative estimate of drug-likeness (QED) is 0.481. The Labute approximate surface area is 202 Å². The lowest BCUT2D eigenvalue weighted by atomic mass is 9.85. The van der Waals surface area contributed by atoms with Crippen LogP contribution in [0, 0.1) is 5.41 Å². The molecule has 5 rings (SSSR count). The lowest BCUT2D eigenvalue weighted by Gasteiger charge is -2.34. The van der Waals surface area contributed by atoms with Gasteiger partial charge in [0.2, 0.25) is 11.8 Å². The normalized spacial score (nSPS) is 21.4. The molecular weight excluding hydrogens is 450 g/mol. The Hall–Kier alpha value is -3.47. The molecule has 0 radical (unpaired) electrons. The predicted octanol–water partition coefficient (Wildman–Crippen LogP) is 1.74. The third kappa shape index (κ3) is 4.60. The summed E-state index contributed by atoms with van der Waals surface area (Å²) in [6, 6.07) is 3.96. The van der Waals surface area contributed by atoms with Crippen LogP contribution in [0.5, 0.6) is 0 Å². The third-order valence-corrected chi connectivity index (χ3v) is 6.74. The summed E-state index contributed by atoms with van der Waals surface area (Å²) in [6.07, 6.45) is 3.42. The molecule has 1 saturated carbocycles. The van der Waals surface area contributed by atoms with Gasteiger partial charge in [0.1, 0.15) is 12.1 Å². The number of aliphatic hydroxyl groups excluding tert-OH is 1. The van der Waals surface area contributed by atoms with E-state index in [0.29, 0.717) is 22.7 Å². The summed E-state index contributed by atoms with van der Waals surface area (Å²) in [4.78, 5) is 28.4. The number of hydrogen-bond donors (Lipinski definition) is 3. The van der Waals surface area contributed by atoms with Crippen molar-refractivity contribution in [3.05, 3.63) is 35.7 Å². The van der Waals surface area contributed by atoms with Crippen LogP contribution in [0.1, 0.15) is 63.3 Å². The van der Waals surface area contributed by atoms with E-state index in [1.54, 1.807) is 16.8 Å². The Morgan fingerprint density at radius 1 is 1.31 bits per heavy atom. The molecule has 3 atom stereocenters. The second-order valence-electron chi connectivity index (χ2n) is 10.7. The van der Waals surface area contributed by atoms with Crippen LogP contribution in [0.4, 0.5) is 5.82 Å². The maximum atomic E-state index is 13.8. The van der Waals surface area contributed by atoms with Gasteiger partial charge in [-0.3, -0.25) is 9.59 Å². The summed E-state index contributed by atoms with van der Waals surface area (Å²) in [6.45, 7) is 6.21. The first-order valence-electron chi connectivity index (χ1n) is 11.9. The van der Waals surface area contributed by atoms with E-state index in [-0.39, 0.29) is 31.3 Å². The number of nitrogens with two attached hydrogens (primary N) is 1. The van der Waals surface area contributed by atoms with Gasteiger partial charge >= 0.3 is 0 Å². The van der Waals surface area contributed by atoms with E-state index < -0.39 is 23.6 Å². The van der Waals surface area contributed by atoms with Gasteiger partial charge in [0.15, 0.2) is 11.4 Å². The minimum absolute atomic E-state index is 0.0942. The molecule has 0 spiro atoms. The zero-order valence-electron chi connectivity index (χ0n) is 20.1. The van der Waals surface area contributed by atoms with E-state index in [4.69, 9.17) is 10.3 Å². The second-order valence-corrected chi connectivity index (χ2v) is 10.7. The Morgan fingerprint density at radius 3 is 2.80 bits per heavy atom. The first kappa shape index (κ1) is 23.3. The topological polar surface area (TPSA) is 152 Å². The van der Waals surface area contributed by atoms with Crippen molar-refractivity contribution in [3.63, 3.8) is 0 Å². The molecule has 1 saturated heterocycles. The number of amides is 2. The molecule has 1 aliphatic carbocycles. The molecule has 3 aromatic rings. The van der Waals surface area contributed by atoms with Crippen molar-refractivity contribution >= 4 is 28.6 Å². The molecule has 3 heterocycles. The van der Waals surface area contributed by atoms with Crippen molar-refractivity contribution in [2.45, 2.75) is 70.7 Å². The Kier molecular flexibility index (Phi) is 5.74. The summed E-state index contributed by atoms with van der Waals surface area (Å²) < 4.78 is 6.81. The van der Waals surface area contributed by atoms with Gasteiger partial charge in [0.25, 0.3) is 0 Å². The van der Waals surface area contributed by atoms with Crippen LogP contribution in [0.3, 0.4) is 0 Å². The highest BCUT2D eigenvalue weighted by Crippen LogP contribution is 2.40. The summed E-state index contributed by atoms with van der Waals surface area (Å²) in [5, 5.41) is 26.2. The number of nitrogens with one attached hydrogen (secondary N) is 1. The van der Waals surface area contributed by atoms with Crippen LogP contribution in [-0.2, 0) is 16.1 Å². The standard InChI is InChI=1S/C24H31N7O4/c1-24(2,3)20(31-12-17(27-29-31)14-5-6-14)23(34)30-11-15(32)9-18(30)22(33)26-10-13-4-7-16-19(8-13)35-28-21(16)25/h4,7-8,12,14-15,18,20,32H,5-6,9-11H2,1-3H3,(H2,25,28)(H,26,33)/t15-,18+,20-/m1/s1. The lowest BCUT2D eigenvalue weighted by molar-refractivity contribution is -0.144.